The quantitative estimate of drug-likeness (QED) is 0.0196. The predicted octanol–water partition coefficient (Wildman–Crippen LogP) is 13.5. The van der Waals surface area contributed by atoms with Crippen molar-refractivity contribution in [3.8, 4) is 0 Å². The molecule has 0 aromatic rings. The standard InChI is InChI=1S/C52H88NO8P/c1-6-8-10-12-14-16-18-20-22-24-26-28-30-32-34-36-38-40-42-44-51(54)58-48-50(49-60-62(56,57)59-47-46-53(3,4)5)61-52(55)45-43-41-39-37-35-33-31-29-27-25-23-21-19-17-15-13-11-9-7-2/h14-17,20-23,26-29,32-35,50H,6-13,18-19,24-25,30-31,36-49H2,1-5H3/b16-14-,17-15-,22-20-,23-21-,28-26-,29-27-,34-32-,35-33-/t50-/m1/s1. The number of carbonyl (C=O) groups is 2. The van der Waals surface area contributed by atoms with Gasteiger partial charge in [0.05, 0.1) is 27.7 Å². The summed E-state index contributed by atoms with van der Waals surface area (Å²) in [6, 6.07) is 0. The van der Waals surface area contributed by atoms with E-state index >= 15 is 0 Å². The van der Waals surface area contributed by atoms with E-state index in [1.165, 1.54) is 51.4 Å². The predicted molar refractivity (Wildman–Crippen MR) is 259 cm³/mol. The maximum Gasteiger partial charge on any atom is 0.306 e. The number of quaternary nitrogens is 1. The summed E-state index contributed by atoms with van der Waals surface area (Å²) in [6.45, 7) is 4.07. The Morgan fingerprint density at radius 1 is 0.500 bits per heavy atom. The van der Waals surface area contributed by atoms with Gasteiger partial charge in [0.2, 0.25) is 0 Å². The Kier molecular flexibility index (Phi) is 41.1. The summed E-state index contributed by atoms with van der Waals surface area (Å²) < 4.78 is 33.9. The molecule has 0 saturated carbocycles. The van der Waals surface area contributed by atoms with Crippen molar-refractivity contribution in [2.75, 3.05) is 47.5 Å². The summed E-state index contributed by atoms with van der Waals surface area (Å²) in [5, 5.41) is 0. The number of phosphoric ester groups is 1. The molecule has 0 aromatic heterocycles. The molecule has 0 rings (SSSR count). The van der Waals surface area contributed by atoms with E-state index in [0.29, 0.717) is 23.9 Å². The van der Waals surface area contributed by atoms with Crippen molar-refractivity contribution in [3.63, 3.8) is 0 Å². The molecule has 0 fully saturated rings. The number of phosphoric acid groups is 1. The van der Waals surface area contributed by atoms with Gasteiger partial charge in [0.15, 0.2) is 6.10 Å². The SMILES string of the molecule is CCCCC/C=C\C/C=C\C/C=C\C/C=C\CCCCCC(=O)OC[C@H](COP(=O)([O-])OCC[N+](C)(C)C)OC(=O)CCCCC/C=C\C/C=C\C/C=C\C/C=C\CCCCC. The Morgan fingerprint density at radius 2 is 0.871 bits per heavy atom. The third-order valence-corrected chi connectivity index (χ3v) is 10.5. The van der Waals surface area contributed by atoms with Crippen molar-refractivity contribution in [3.05, 3.63) is 97.2 Å². The summed E-state index contributed by atoms with van der Waals surface area (Å²) in [5.41, 5.74) is 0. The number of nitrogens with zero attached hydrogens (tertiary/aromatic N) is 1. The van der Waals surface area contributed by atoms with Crippen LogP contribution in [-0.4, -0.2) is 70.0 Å². The van der Waals surface area contributed by atoms with Gasteiger partial charge < -0.3 is 27.9 Å². The third-order valence-electron chi connectivity index (χ3n) is 9.58. The van der Waals surface area contributed by atoms with Crippen LogP contribution in [0, 0.1) is 0 Å². The monoisotopic (exact) mass is 886 g/mol. The highest BCUT2D eigenvalue weighted by Crippen LogP contribution is 2.38. The van der Waals surface area contributed by atoms with Crippen LogP contribution in [0.5, 0.6) is 0 Å². The number of hydrogen-bond acceptors (Lipinski definition) is 8. The van der Waals surface area contributed by atoms with E-state index in [4.69, 9.17) is 18.5 Å². The summed E-state index contributed by atoms with van der Waals surface area (Å²) in [7, 11) is 1.11. The van der Waals surface area contributed by atoms with Gasteiger partial charge in [0.1, 0.15) is 19.8 Å². The molecular formula is C52H88NO8P. The Labute approximate surface area is 379 Å². The van der Waals surface area contributed by atoms with Crippen LogP contribution in [0.15, 0.2) is 97.2 Å². The lowest BCUT2D eigenvalue weighted by atomic mass is 10.1. The van der Waals surface area contributed by atoms with Crippen LogP contribution in [0.4, 0.5) is 0 Å². The van der Waals surface area contributed by atoms with Gasteiger partial charge in [-0.25, -0.2) is 0 Å². The fraction of sp³-hybridized carbons (Fsp3) is 0.654. The topological polar surface area (TPSA) is 111 Å². The van der Waals surface area contributed by atoms with Crippen molar-refractivity contribution < 1.29 is 42.1 Å². The van der Waals surface area contributed by atoms with Crippen LogP contribution >= 0.6 is 7.82 Å². The summed E-state index contributed by atoms with van der Waals surface area (Å²) in [5.74, 6) is -0.916. The van der Waals surface area contributed by atoms with Crippen molar-refractivity contribution in [1.82, 2.24) is 0 Å². The van der Waals surface area contributed by atoms with E-state index in [1.807, 2.05) is 21.1 Å². The summed E-state index contributed by atoms with van der Waals surface area (Å²) in [4.78, 5) is 37.6. The Bertz CT molecular complexity index is 1370. The van der Waals surface area contributed by atoms with Gasteiger partial charge >= 0.3 is 11.9 Å². The number of likely N-dealkylation sites (N-methyl/N-ethyl adjacent to an activating group) is 1. The van der Waals surface area contributed by atoms with E-state index in [0.717, 1.165) is 77.0 Å². The van der Waals surface area contributed by atoms with Crippen LogP contribution in [0.25, 0.3) is 0 Å². The molecule has 0 amide bonds. The van der Waals surface area contributed by atoms with E-state index < -0.39 is 32.5 Å². The van der Waals surface area contributed by atoms with Crippen molar-refractivity contribution in [1.29, 1.82) is 0 Å². The van der Waals surface area contributed by atoms with Crippen molar-refractivity contribution in [2.24, 2.45) is 0 Å². The first-order chi connectivity index (χ1) is 30.0. The first-order valence-corrected chi connectivity index (χ1v) is 25.4. The first-order valence-electron chi connectivity index (χ1n) is 23.9. The second-order valence-corrected chi connectivity index (χ2v) is 18.2. The van der Waals surface area contributed by atoms with E-state index in [2.05, 4.69) is 111 Å². The molecule has 0 heterocycles. The highest BCUT2D eigenvalue weighted by atomic mass is 31.2. The second kappa shape index (κ2) is 43.2. The lowest BCUT2D eigenvalue weighted by Crippen LogP contribution is -2.37. The van der Waals surface area contributed by atoms with Crippen molar-refractivity contribution in [2.45, 2.75) is 174 Å². The average molecular weight is 886 g/mol. The molecule has 0 saturated heterocycles. The molecule has 0 bridgehead atoms. The zero-order valence-corrected chi connectivity index (χ0v) is 40.7. The molecule has 0 aromatic carbocycles. The number of unbranched alkanes of at least 4 members (excludes halogenated alkanes) is 12. The minimum absolute atomic E-state index is 0.0484. The molecule has 0 spiro atoms. The lowest BCUT2D eigenvalue weighted by molar-refractivity contribution is -0.870. The van der Waals surface area contributed by atoms with Crippen LogP contribution in [0.2, 0.25) is 0 Å². The van der Waals surface area contributed by atoms with E-state index in [9.17, 15) is 19.0 Å². The van der Waals surface area contributed by atoms with Gasteiger partial charge in [-0.3, -0.25) is 14.2 Å². The fourth-order valence-corrected chi connectivity index (χ4v) is 6.52. The summed E-state index contributed by atoms with van der Waals surface area (Å²) >= 11 is 0. The molecule has 2 atom stereocenters. The normalized spacial score (nSPS) is 14.4. The smallest absolute Gasteiger partial charge is 0.306 e. The summed E-state index contributed by atoms with van der Waals surface area (Å²) in [6.07, 6.45) is 57.2. The number of esters is 2. The number of hydrogen-bond donors (Lipinski definition) is 0. The fourth-order valence-electron chi connectivity index (χ4n) is 5.80. The average Bonchev–Trinajstić information content (AvgIpc) is 3.23. The minimum atomic E-state index is -4.65. The van der Waals surface area contributed by atoms with Crippen LogP contribution in [-0.2, 0) is 32.7 Å². The molecule has 62 heavy (non-hydrogen) atoms. The van der Waals surface area contributed by atoms with E-state index in [1.54, 1.807) is 0 Å². The second-order valence-electron chi connectivity index (χ2n) is 16.8. The largest absolute Gasteiger partial charge is 0.756 e. The Morgan fingerprint density at radius 3 is 1.26 bits per heavy atom. The zero-order valence-electron chi connectivity index (χ0n) is 39.8. The van der Waals surface area contributed by atoms with Crippen LogP contribution in [0.1, 0.15) is 168 Å². The Hall–Kier alpha value is -3.07. The molecule has 10 heteroatoms. The molecule has 0 aliphatic carbocycles. The highest BCUT2D eigenvalue weighted by molar-refractivity contribution is 7.45. The molecule has 0 N–H and O–H groups in total. The molecule has 9 nitrogen and oxygen atoms in total. The lowest BCUT2D eigenvalue weighted by Gasteiger charge is -2.28. The molecule has 354 valence electrons. The minimum Gasteiger partial charge on any atom is -0.756 e. The maximum atomic E-state index is 12.7. The molecular weight excluding hydrogens is 798 g/mol. The zero-order chi connectivity index (χ0) is 45.7. The van der Waals surface area contributed by atoms with E-state index in [-0.39, 0.29) is 26.1 Å². The maximum absolute atomic E-state index is 12.7. The first kappa shape index (κ1) is 58.9. The van der Waals surface area contributed by atoms with Crippen LogP contribution < -0.4 is 4.89 Å². The van der Waals surface area contributed by atoms with Gasteiger partial charge in [-0.1, -0.05) is 150 Å². The number of rotatable bonds is 42. The Balaban J connectivity index is 4.47. The van der Waals surface area contributed by atoms with Gasteiger partial charge in [0.25, 0.3) is 7.82 Å². The molecule has 1 unspecified atom stereocenters. The number of carbonyl (C=O) groups excluding carboxylic acids is 2. The van der Waals surface area contributed by atoms with Crippen molar-refractivity contribution >= 4 is 19.8 Å². The van der Waals surface area contributed by atoms with Gasteiger partial charge in [-0.2, -0.15) is 0 Å². The number of allylic oxidation sites excluding steroid dienone is 16. The molecule has 0 radical (unpaired) electrons. The third kappa shape index (κ3) is 46.4. The number of ether oxygens (including phenoxy) is 2. The van der Waals surface area contributed by atoms with Gasteiger partial charge in [-0.05, 0) is 103 Å². The van der Waals surface area contributed by atoms with Gasteiger partial charge in [0, 0.05) is 12.8 Å². The highest BCUT2D eigenvalue weighted by Gasteiger charge is 2.21. The molecule has 0 aliphatic rings. The van der Waals surface area contributed by atoms with Crippen LogP contribution in [0.3, 0.4) is 0 Å². The van der Waals surface area contributed by atoms with Gasteiger partial charge in [-0.15, -0.1) is 0 Å². The molecule has 0 aliphatic heterocycles.